The zero-order valence-electron chi connectivity index (χ0n) is 17.7. The van der Waals surface area contributed by atoms with Crippen LogP contribution in [-0.2, 0) is 11.3 Å². The van der Waals surface area contributed by atoms with Gasteiger partial charge in [-0.25, -0.2) is 0 Å². The maximum atomic E-state index is 12.9. The maximum absolute atomic E-state index is 12.9. The number of aryl methyl sites for hydroxylation is 3. The highest BCUT2D eigenvalue weighted by atomic mass is 32.2. The Bertz CT molecular complexity index is 989. The van der Waals surface area contributed by atoms with E-state index in [9.17, 15) is 4.79 Å². The van der Waals surface area contributed by atoms with Crippen LogP contribution in [-0.4, -0.2) is 44.6 Å². The van der Waals surface area contributed by atoms with Crippen LogP contribution < -0.4 is 0 Å². The summed E-state index contributed by atoms with van der Waals surface area (Å²) in [5.74, 6) is 1.24. The topological polar surface area (TPSA) is 61.9 Å². The summed E-state index contributed by atoms with van der Waals surface area (Å²) in [5.41, 5.74) is 5.10. The first-order valence-corrected chi connectivity index (χ1v) is 10.7. The van der Waals surface area contributed by atoms with E-state index in [2.05, 4.69) is 33.8 Å². The fraction of sp³-hybridized carbons (Fsp3) is 0.409. The SMILES string of the molecule is COCCCn1c(C)cc(C(=O)CSc2nnc(C)n2-c2ccc(C)cc2)c1C. The summed E-state index contributed by atoms with van der Waals surface area (Å²) in [7, 11) is 1.71. The first-order valence-electron chi connectivity index (χ1n) is 9.73. The van der Waals surface area contributed by atoms with Gasteiger partial charge in [-0.15, -0.1) is 10.2 Å². The molecule has 2 heterocycles. The smallest absolute Gasteiger partial charge is 0.196 e. The Morgan fingerprint density at radius 1 is 1.10 bits per heavy atom. The first kappa shape index (κ1) is 21.3. The molecule has 0 spiro atoms. The minimum atomic E-state index is 0.109. The van der Waals surface area contributed by atoms with E-state index in [1.807, 2.05) is 43.5 Å². The average molecular weight is 413 g/mol. The van der Waals surface area contributed by atoms with Crippen LogP contribution in [0.4, 0.5) is 0 Å². The van der Waals surface area contributed by atoms with Gasteiger partial charge in [-0.3, -0.25) is 9.36 Å². The summed E-state index contributed by atoms with van der Waals surface area (Å²) < 4.78 is 9.32. The highest BCUT2D eigenvalue weighted by molar-refractivity contribution is 7.99. The van der Waals surface area contributed by atoms with Gasteiger partial charge >= 0.3 is 0 Å². The van der Waals surface area contributed by atoms with Crippen molar-refractivity contribution >= 4 is 17.5 Å². The molecule has 29 heavy (non-hydrogen) atoms. The Morgan fingerprint density at radius 3 is 2.52 bits per heavy atom. The number of Topliss-reactive ketones (excluding diaryl/α,β-unsaturated/α-hetero) is 1. The molecule has 0 saturated carbocycles. The van der Waals surface area contributed by atoms with Crippen LogP contribution in [0.5, 0.6) is 0 Å². The van der Waals surface area contributed by atoms with Crippen molar-refractivity contribution in [1.82, 2.24) is 19.3 Å². The molecule has 7 heteroatoms. The molecule has 0 radical (unpaired) electrons. The molecule has 0 amide bonds. The average Bonchev–Trinajstić information content (AvgIpc) is 3.21. The molecule has 0 N–H and O–H groups in total. The lowest BCUT2D eigenvalue weighted by Gasteiger charge is -2.10. The molecule has 154 valence electrons. The summed E-state index contributed by atoms with van der Waals surface area (Å²) in [6, 6.07) is 10.2. The van der Waals surface area contributed by atoms with Gasteiger partial charge in [0.25, 0.3) is 0 Å². The van der Waals surface area contributed by atoms with E-state index in [1.54, 1.807) is 7.11 Å². The van der Waals surface area contributed by atoms with Crippen molar-refractivity contribution in [2.24, 2.45) is 0 Å². The Hall–Kier alpha value is -2.38. The zero-order valence-corrected chi connectivity index (χ0v) is 18.5. The second-order valence-electron chi connectivity index (χ2n) is 7.20. The fourth-order valence-electron chi connectivity index (χ4n) is 3.43. The number of ether oxygens (including phenoxy) is 1. The molecule has 6 nitrogen and oxygen atoms in total. The first-order chi connectivity index (χ1) is 13.9. The standard InChI is InChI=1S/C22H28N4O2S/c1-15-7-9-19(10-8-15)26-18(4)23-24-22(26)29-14-21(27)20-13-16(2)25(17(20)3)11-6-12-28-5/h7-10,13H,6,11-12,14H2,1-5H3. The van der Waals surface area contributed by atoms with Crippen molar-refractivity contribution in [2.45, 2.75) is 45.8 Å². The molecular formula is C22H28N4O2S. The zero-order chi connectivity index (χ0) is 21.0. The number of methoxy groups -OCH3 is 1. The summed E-state index contributed by atoms with van der Waals surface area (Å²) in [4.78, 5) is 12.9. The predicted molar refractivity (Wildman–Crippen MR) is 116 cm³/mol. The van der Waals surface area contributed by atoms with Crippen molar-refractivity contribution in [2.75, 3.05) is 19.5 Å². The van der Waals surface area contributed by atoms with Gasteiger partial charge in [0.05, 0.1) is 5.75 Å². The molecule has 0 aliphatic rings. The van der Waals surface area contributed by atoms with Crippen molar-refractivity contribution in [1.29, 1.82) is 0 Å². The Morgan fingerprint density at radius 2 is 1.83 bits per heavy atom. The predicted octanol–water partition coefficient (Wildman–Crippen LogP) is 4.31. The number of rotatable bonds is 9. The normalized spacial score (nSPS) is 11.2. The second kappa shape index (κ2) is 9.41. The van der Waals surface area contributed by atoms with Crippen LogP contribution >= 0.6 is 11.8 Å². The number of thioether (sulfide) groups is 1. The van der Waals surface area contributed by atoms with E-state index in [1.165, 1.54) is 17.3 Å². The quantitative estimate of drug-likeness (QED) is 0.298. The molecular weight excluding hydrogens is 384 g/mol. The molecule has 0 atom stereocenters. The van der Waals surface area contributed by atoms with Crippen molar-refractivity contribution in [3.05, 3.63) is 58.7 Å². The number of ketones is 1. The van der Waals surface area contributed by atoms with Gasteiger partial charge in [0, 0.05) is 42.9 Å². The molecule has 3 aromatic rings. The van der Waals surface area contributed by atoms with E-state index in [0.717, 1.165) is 46.6 Å². The lowest BCUT2D eigenvalue weighted by Crippen LogP contribution is -2.08. The molecule has 0 bridgehead atoms. The van der Waals surface area contributed by atoms with Crippen molar-refractivity contribution in [3.63, 3.8) is 0 Å². The van der Waals surface area contributed by atoms with E-state index < -0.39 is 0 Å². The van der Waals surface area contributed by atoms with Gasteiger partial charge < -0.3 is 9.30 Å². The van der Waals surface area contributed by atoms with Crippen LogP contribution in [0.2, 0.25) is 0 Å². The molecule has 0 aliphatic heterocycles. The summed E-state index contributed by atoms with van der Waals surface area (Å²) in [6.45, 7) is 9.60. The summed E-state index contributed by atoms with van der Waals surface area (Å²) >= 11 is 1.43. The van der Waals surface area contributed by atoms with Crippen LogP contribution in [0.1, 0.15) is 39.6 Å². The van der Waals surface area contributed by atoms with Gasteiger partial charge in [-0.05, 0) is 52.3 Å². The van der Waals surface area contributed by atoms with E-state index in [-0.39, 0.29) is 5.78 Å². The molecule has 0 aliphatic carbocycles. The molecule has 0 fully saturated rings. The number of carbonyl (C=O) groups excluding carboxylic acids is 1. The summed E-state index contributed by atoms with van der Waals surface area (Å²) in [5, 5.41) is 9.22. The van der Waals surface area contributed by atoms with Crippen molar-refractivity contribution < 1.29 is 9.53 Å². The van der Waals surface area contributed by atoms with E-state index >= 15 is 0 Å². The number of nitrogens with zero attached hydrogens (tertiary/aromatic N) is 4. The Balaban J connectivity index is 1.74. The van der Waals surface area contributed by atoms with Crippen LogP contribution in [0.25, 0.3) is 5.69 Å². The van der Waals surface area contributed by atoms with Gasteiger partial charge in [0.15, 0.2) is 10.9 Å². The number of hydrogen-bond acceptors (Lipinski definition) is 5. The number of benzene rings is 1. The van der Waals surface area contributed by atoms with Gasteiger partial charge in [-0.1, -0.05) is 29.5 Å². The van der Waals surface area contributed by atoms with Crippen LogP contribution in [0.3, 0.4) is 0 Å². The number of hydrogen-bond donors (Lipinski definition) is 0. The maximum Gasteiger partial charge on any atom is 0.196 e. The molecule has 0 saturated heterocycles. The second-order valence-corrected chi connectivity index (χ2v) is 8.14. The van der Waals surface area contributed by atoms with Crippen LogP contribution in [0.15, 0.2) is 35.5 Å². The highest BCUT2D eigenvalue weighted by Crippen LogP contribution is 2.24. The van der Waals surface area contributed by atoms with Crippen molar-refractivity contribution in [3.8, 4) is 5.69 Å². The van der Waals surface area contributed by atoms with Gasteiger partial charge in [0.1, 0.15) is 5.82 Å². The Kier molecular flexibility index (Phi) is 6.92. The third-order valence-electron chi connectivity index (χ3n) is 5.02. The molecule has 2 aromatic heterocycles. The lowest BCUT2D eigenvalue weighted by atomic mass is 10.2. The van der Waals surface area contributed by atoms with Gasteiger partial charge in [-0.2, -0.15) is 0 Å². The largest absolute Gasteiger partial charge is 0.385 e. The number of carbonyl (C=O) groups is 1. The summed E-state index contributed by atoms with van der Waals surface area (Å²) in [6.07, 6.45) is 0.925. The lowest BCUT2D eigenvalue weighted by molar-refractivity contribution is 0.102. The Labute approximate surface area is 176 Å². The van der Waals surface area contributed by atoms with E-state index in [4.69, 9.17) is 4.74 Å². The third kappa shape index (κ3) is 4.79. The molecule has 0 unspecified atom stereocenters. The minimum absolute atomic E-state index is 0.109. The third-order valence-corrected chi connectivity index (χ3v) is 5.95. The molecule has 3 rings (SSSR count). The molecule has 1 aromatic carbocycles. The van der Waals surface area contributed by atoms with Gasteiger partial charge in [0.2, 0.25) is 0 Å². The highest BCUT2D eigenvalue weighted by Gasteiger charge is 2.18. The number of aromatic nitrogens is 4. The fourth-order valence-corrected chi connectivity index (χ4v) is 4.31. The minimum Gasteiger partial charge on any atom is -0.385 e. The van der Waals surface area contributed by atoms with E-state index in [0.29, 0.717) is 12.4 Å². The van der Waals surface area contributed by atoms with Crippen LogP contribution in [0, 0.1) is 27.7 Å². The monoisotopic (exact) mass is 412 g/mol.